The lowest BCUT2D eigenvalue weighted by molar-refractivity contribution is 0.0770. The summed E-state index contributed by atoms with van der Waals surface area (Å²) in [6.07, 6.45) is 1.06. The van der Waals surface area contributed by atoms with E-state index in [2.05, 4.69) is 10.2 Å². The molecule has 5 nitrogen and oxygen atoms in total. The molecule has 142 valence electrons. The van der Waals surface area contributed by atoms with E-state index in [9.17, 15) is 4.79 Å². The Labute approximate surface area is 160 Å². The van der Waals surface area contributed by atoms with Gasteiger partial charge in [-0.25, -0.2) is 0 Å². The first-order valence-corrected chi connectivity index (χ1v) is 9.81. The Kier molecular flexibility index (Phi) is 5.70. The SMILES string of the molecule is O=C(c1ccccc1COc1ccccc1)N1CCC(N2CCNCC2)C1. The molecular formula is C22H27N3O2. The van der Waals surface area contributed by atoms with Crippen LogP contribution in [-0.4, -0.2) is 61.0 Å². The predicted molar refractivity (Wildman–Crippen MR) is 106 cm³/mol. The number of hydrogen-bond acceptors (Lipinski definition) is 4. The minimum atomic E-state index is 0.125. The van der Waals surface area contributed by atoms with Gasteiger partial charge in [-0.05, 0) is 24.6 Å². The Morgan fingerprint density at radius 3 is 2.56 bits per heavy atom. The predicted octanol–water partition coefficient (Wildman–Crippen LogP) is 2.39. The average molecular weight is 365 g/mol. The standard InChI is InChI=1S/C22H27N3O2/c26-22(25-13-10-19(16-25)24-14-11-23-12-15-24)21-9-5-4-6-18(21)17-27-20-7-2-1-3-8-20/h1-9,19,23H,10-17H2. The molecule has 2 aromatic carbocycles. The lowest BCUT2D eigenvalue weighted by atomic mass is 10.1. The van der Waals surface area contributed by atoms with Gasteiger partial charge in [0.05, 0.1) is 0 Å². The molecule has 2 heterocycles. The molecule has 2 fully saturated rings. The summed E-state index contributed by atoms with van der Waals surface area (Å²) in [6, 6.07) is 18.0. The Balaban J connectivity index is 1.41. The summed E-state index contributed by atoms with van der Waals surface area (Å²) in [4.78, 5) is 17.7. The minimum absolute atomic E-state index is 0.125. The van der Waals surface area contributed by atoms with Crippen LogP contribution < -0.4 is 10.1 Å². The minimum Gasteiger partial charge on any atom is -0.489 e. The molecule has 27 heavy (non-hydrogen) atoms. The number of para-hydroxylation sites is 1. The zero-order chi connectivity index (χ0) is 18.5. The van der Waals surface area contributed by atoms with Gasteiger partial charge in [0.2, 0.25) is 0 Å². The van der Waals surface area contributed by atoms with Crippen molar-refractivity contribution >= 4 is 5.91 Å². The van der Waals surface area contributed by atoms with Crippen LogP contribution in [0.25, 0.3) is 0 Å². The highest BCUT2D eigenvalue weighted by atomic mass is 16.5. The van der Waals surface area contributed by atoms with E-state index >= 15 is 0 Å². The van der Waals surface area contributed by atoms with Gasteiger partial charge in [0.15, 0.2) is 0 Å². The van der Waals surface area contributed by atoms with E-state index in [1.165, 1.54) is 0 Å². The molecule has 0 spiro atoms. The van der Waals surface area contributed by atoms with Gasteiger partial charge in [0.1, 0.15) is 12.4 Å². The van der Waals surface area contributed by atoms with Crippen molar-refractivity contribution < 1.29 is 9.53 Å². The Morgan fingerprint density at radius 2 is 1.74 bits per heavy atom. The summed E-state index contributed by atoms with van der Waals surface area (Å²) in [6.45, 7) is 6.31. The summed E-state index contributed by atoms with van der Waals surface area (Å²) in [5.74, 6) is 0.944. The first-order chi connectivity index (χ1) is 13.3. The van der Waals surface area contributed by atoms with Crippen LogP contribution in [0.5, 0.6) is 5.75 Å². The van der Waals surface area contributed by atoms with Gasteiger partial charge in [0.25, 0.3) is 5.91 Å². The van der Waals surface area contributed by atoms with Crippen LogP contribution in [-0.2, 0) is 6.61 Å². The smallest absolute Gasteiger partial charge is 0.254 e. The van der Waals surface area contributed by atoms with E-state index in [1.54, 1.807) is 0 Å². The molecule has 0 bridgehead atoms. The summed E-state index contributed by atoms with van der Waals surface area (Å²) >= 11 is 0. The molecule has 0 saturated carbocycles. The van der Waals surface area contributed by atoms with E-state index in [-0.39, 0.29) is 5.91 Å². The quantitative estimate of drug-likeness (QED) is 0.884. The zero-order valence-electron chi connectivity index (χ0n) is 15.6. The van der Waals surface area contributed by atoms with Crippen LogP contribution in [0, 0.1) is 0 Å². The maximum Gasteiger partial charge on any atom is 0.254 e. The van der Waals surface area contributed by atoms with Crippen LogP contribution in [0.15, 0.2) is 54.6 Å². The number of carbonyl (C=O) groups excluding carboxylic acids is 1. The summed E-state index contributed by atoms with van der Waals surface area (Å²) in [5, 5.41) is 3.40. The number of rotatable bonds is 5. The monoisotopic (exact) mass is 365 g/mol. The van der Waals surface area contributed by atoms with Crippen molar-refractivity contribution in [2.75, 3.05) is 39.3 Å². The van der Waals surface area contributed by atoms with Gasteiger partial charge in [-0.2, -0.15) is 0 Å². The topological polar surface area (TPSA) is 44.8 Å². The van der Waals surface area contributed by atoms with Crippen molar-refractivity contribution in [3.05, 3.63) is 65.7 Å². The molecule has 1 atom stereocenters. The summed E-state index contributed by atoms with van der Waals surface area (Å²) in [7, 11) is 0. The lowest BCUT2D eigenvalue weighted by Crippen LogP contribution is -2.49. The molecule has 2 aliphatic rings. The molecule has 2 saturated heterocycles. The van der Waals surface area contributed by atoms with Gasteiger partial charge in [0, 0.05) is 56.4 Å². The Hall–Kier alpha value is -2.37. The van der Waals surface area contributed by atoms with E-state index in [0.717, 1.165) is 62.6 Å². The number of likely N-dealkylation sites (tertiary alicyclic amines) is 1. The van der Waals surface area contributed by atoms with Gasteiger partial charge < -0.3 is 15.0 Å². The van der Waals surface area contributed by atoms with Crippen LogP contribution in [0.3, 0.4) is 0 Å². The number of ether oxygens (including phenoxy) is 1. The molecule has 5 heteroatoms. The van der Waals surface area contributed by atoms with Gasteiger partial charge in [-0.15, -0.1) is 0 Å². The molecule has 1 unspecified atom stereocenters. The normalized spacial score (nSPS) is 20.6. The maximum atomic E-state index is 13.1. The fourth-order valence-corrected chi connectivity index (χ4v) is 3.97. The van der Waals surface area contributed by atoms with Crippen LogP contribution in [0.2, 0.25) is 0 Å². The van der Waals surface area contributed by atoms with Crippen molar-refractivity contribution in [1.29, 1.82) is 0 Å². The molecule has 2 aromatic rings. The van der Waals surface area contributed by atoms with Crippen LogP contribution in [0.1, 0.15) is 22.3 Å². The first kappa shape index (κ1) is 18.0. The highest BCUT2D eigenvalue weighted by Gasteiger charge is 2.31. The molecule has 0 aliphatic carbocycles. The van der Waals surface area contributed by atoms with Crippen molar-refractivity contribution in [2.45, 2.75) is 19.1 Å². The third-order valence-corrected chi connectivity index (χ3v) is 5.50. The molecule has 2 aliphatic heterocycles. The van der Waals surface area contributed by atoms with Gasteiger partial charge in [-0.1, -0.05) is 36.4 Å². The average Bonchev–Trinajstić information content (AvgIpc) is 3.24. The molecule has 1 amide bonds. The van der Waals surface area contributed by atoms with Gasteiger partial charge in [-0.3, -0.25) is 9.69 Å². The number of piperazine rings is 1. The summed E-state index contributed by atoms with van der Waals surface area (Å²) < 4.78 is 5.88. The third kappa shape index (κ3) is 4.31. The number of hydrogen-bond donors (Lipinski definition) is 1. The Morgan fingerprint density at radius 1 is 1.00 bits per heavy atom. The number of nitrogens with zero attached hydrogens (tertiary/aromatic N) is 2. The first-order valence-electron chi connectivity index (χ1n) is 9.81. The van der Waals surface area contributed by atoms with Crippen LogP contribution >= 0.6 is 0 Å². The van der Waals surface area contributed by atoms with E-state index < -0.39 is 0 Å². The van der Waals surface area contributed by atoms with Crippen molar-refractivity contribution in [3.63, 3.8) is 0 Å². The number of carbonyl (C=O) groups is 1. The van der Waals surface area contributed by atoms with E-state index in [4.69, 9.17) is 4.74 Å². The maximum absolute atomic E-state index is 13.1. The van der Waals surface area contributed by atoms with E-state index in [1.807, 2.05) is 59.5 Å². The largest absolute Gasteiger partial charge is 0.489 e. The lowest BCUT2D eigenvalue weighted by Gasteiger charge is -2.32. The molecular weight excluding hydrogens is 338 g/mol. The second-order valence-electron chi connectivity index (χ2n) is 7.24. The van der Waals surface area contributed by atoms with Crippen molar-refractivity contribution in [2.24, 2.45) is 0 Å². The molecule has 4 rings (SSSR count). The zero-order valence-corrected chi connectivity index (χ0v) is 15.6. The highest BCUT2D eigenvalue weighted by Crippen LogP contribution is 2.21. The van der Waals surface area contributed by atoms with Crippen molar-refractivity contribution in [1.82, 2.24) is 15.1 Å². The second-order valence-corrected chi connectivity index (χ2v) is 7.24. The molecule has 1 N–H and O–H groups in total. The second kappa shape index (κ2) is 8.55. The highest BCUT2D eigenvalue weighted by molar-refractivity contribution is 5.95. The van der Waals surface area contributed by atoms with Crippen LogP contribution in [0.4, 0.5) is 0 Å². The van der Waals surface area contributed by atoms with E-state index in [0.29, 0.717) is 12.6 Å². The van der Waals surface area contributed by atoms with Gasteiger partial charge >= 0.3 is 0 Å². The number of benzene rings is 2. The summed E-state index contributed by atoms with van der Waals surface area (Å²) in [5.41, 5.74) is 1.70. The Bertz CT molecular complexity index is 759. The number of amides is 1. The molecule has 0 radical (unpaired) electrons. The fourth-order valence-electron chi connectivity index (χ4n) is 3.97. The van der Waals surface area contributed by atoms with Crippen molar-refractivity contribution in [3.8, 4) is 5.75 Å². The third-order valence-electron chi connectivity index (χ3n) is 5.50. The fraction of sp³-hybridized carbons (Fsp3) is 0.409. The molecule has 0 aromatic heterocycles. The number of nitrogens with one attached hydrogen (secondary N) is 1.